The maximum Gasteiger partial charge on any atom is 0.222 e. The maximum absolute atomic E-state index is 11.3. The van der Waals surface area contributed by atoms with Gasteiger partial charge in [0.1, 0.15) is 0 Å². The Hall–Kier alpha value is -0.570. The van der Waals surface area contributed by atoms with Gasteiger partial charge in [0.15, 0.2) is 0 Å². The number of carbonyl (C=O) groups is 1. The normalized spacial score (nSPS) is 22.8. The molecule has 0 aliphatic carbocycles. The van der Waals surface area contributed by atoms with Crippen LogP contribution in [0.2, 0.25) is 0 Å². The van der Waals surface area contributed by atoms with Gasteiger partial charge in [0.05, 0.1) is 12.2 Å². The highest BCUT2D eigenvalue weighted by Crippen LogP contribution is 2.14. The van der Waals surface area contributed by atoms with E-state index in [4.69, 9.17) is 4.74 Å². The molecule has 1 heterocycles. The van der Waals surface area contributed by atoms with Gasteiger partial charge in [0, 0.05) is 19.5 Å². The molecule has 0 saturated carbocycles. The second-order valence-electron chi connectivity index (χ2n) is 3.79. The summed E-state index contributed by atoms with van der Waals surface area (Å²) in [5.74, 6) is 0.245. The lowest BCUT2D eigenvalue weighted by molar-refractivity contribution is -0.130. The van der Waals surface area contributed by atoms with Crippen LogP contribution in [-0.4, -0.2) is 36.1 Å². The highest BCUT2D eigenvalue weighted by atomic mass is 16.5. The second kappa shape index (κ2) is 4.61. The molecule has 3 nitrogen and oxygen atoms in total. The van der Waals surface area contributed by atoms with E-state index in [1.165, 1.54) is 0 Å². The highest BCUT2D eigenvalue weighted by Gasteiger charge is 2.26. The van der Waals surface area contributed by atoms with Crippen molar-refractivity contribution in [1.82, 2.24) is 4.90 Å². The number of ether oxygens (including phenoxy) is 1. The summed E-state index contributed by atoms with van der Waals surface area (Å²) >= 11 is 0. The summed E-state index contributed by atoms with van der Waals surface area (Å²) in [6.45, 7) is 7.61. The molecule has 1 amide bonds. The van der Waals surface area contributed by atoms with Gasteiger partial charge < -0.3 is 9.64 Å². The Balaban J connectivity index is 2.32. The quantitative estimate of drug-likeness (QED) is 0.665. The van der Waals surface area contributed by atoms with Gasteiger partial charge in [0.2, 0.25) is 5.91 Å². The third-order valence-electron chi connectivity index (χ3n) is 2.26. The zero-order valence-corrected chi connectivity index (χ0v) is 8.75. The van der Waals surface area contributed by atoms with Crippen molar-refractivity contribution in [2.75, 3.05) is 13.1 Å². The van der Waals surface area contributed by atoms with Crippen LogP contribution < -0.4 is 0 Å². The summed E-state index contributed by atoms with van der Waals surface area (Å²) in [5.41, 5.74) is 0. The zero-order chi connectivity index (χ0) is 9.84. The molecule has 0 aromatic rings. The van der Waals surface area contributed by atoms with Crippen LogP contribution >= 0.6 is 0 Å². The Labute approximate surface area is 80.1 Å². The van der Waals surface area contributed by atoms with E-state index in [9.17, 15) is 4.79 Å². The number of rotatable bonds is 3. The van der Waals surface area contributed by atoms with Crippen LogP contribution in [-0.2, 0) is 9.53 Å². The van der Waals surface area contributed by atoms with Crippen molar-refractivity contribution in [3.8, 4) is 0 Å². The molecule has 13 heavy (non-hydrogen) atoms. The van der Waals surface area contributed by atoms with Crippen LogP contribution in [0.5, 0.6) is 0 Å². The lowest BCUT2D eigenvalue weighted by Gasteiger charge is -2.17. The molecule has 1 atom stereocenters. The molecule has 1 fully saturated rings. The summed E-state index contributed by atoms with van der Waals surface area (Å²) in [6, 6.07) is 0. The van der Waals surface area contributed by atoms with Gasteiger partial charge in [-0.3, -0.25) is 4.79 Å². The van der Waals surface area contributed by atoms with Gasteiger partial charge in [-0.2, -0.15) is 0 Å². The molecule has 0 radical (unpaired) electrons. The monoisotopic (exact) mass is 185 g/mol. The van der Waals surface area contributed by atoms with Crippen LogP contribution in [0.1, 0.15) is 33.6 Å². The van der Waals surface area contributed by atoms with Crippen molar-refractivity contribution in [1.29, 1.82) is 0 Å². The smallest absolute Gasteiger partial charge is 0.222 e. The van der Waals surface area contributed by atoms with Crippen LogP contribution in [0.25, 0.3) is 0 Å². The Morgan fingerprint density at radius 2 is 2.31 bits per heavy atom. The average molecular weight is 185 g/mol. The Kier molecular flexibility index (Phi) is 3.72. The first-order valence-electron chi connectivity index (χ1n) is 5.06. The molecule has 1 saturated heterocycles. The third kappa shape index (κ3) is 2.99. The molecule has 0 spiro atoms. The molecule has 0 N–H and O–H groups in total. The fraction of sp³-hybridized carbons (Fsp3) is 0.900. The van der Waals surface area contributed by atoms with Crippen molar-refractivity contribution >= 4 is 5.91 Å². The lowest BCUT2D eigenvalue weighted by atomic mass is 10.3. The van der Waals surface area contributed by atoms with E-state index in [0.717, 1.165) is 19.5 Å². The van der Waals surface area contributed by atoms with Crippen molar-refractivity contribution < 1.29 is 9.53 Å². The number of nitrogens with zero attached hydrogens (tertiary/aromatic N) is 1. The zero-order valence-electron chi connectivity index (χ0n) is 8.75. The average Bonchev–Trinajstić information content (AvgIpc) is 2.50. The van der Waals surface area contributed by atoms with E-state index in [0.29, 0.717) is 6.42 Å². The van der Waals surface area contributed by atoms with E-state index < -0.39 is 0 Å². The summed E-state index contributed by atoms with van der Waals surface area (Å²) in [4.78, 5) is 13.2. The molecule has 1 aliphatic heterocycles. The summed E-state index contributed by atoms with van der Waals surface area (Å²) in [6.07, 6.45) is 2.12. The van der Waals surface area contributed by atoms with Crippen LogP contribution in [0.15, 0.2) is 0 Å². The molecule has 1 unspecified atom stereocenters. The molecular formula is C10H19NO2. The molecule has 0 aromatic heterocycles. The number of hydrogen-bond acceptors (Lipinski definition) is 2. The second-order valence-corrected chi connectivity index (χ2v) is 3.79. The van der Waals surface area contributed by atoms with Gasteiger partial charge in [-0.15, -0.1) is 0 Å². The molecule has 0 aromatic carbocycles. The standard InChI is InChI=1S/C10H19NO2/c1-4-10(12)11-6-5-9(7-11)13-8(2)3/h8-9H,4-7H2,1-3H3. The van der Waals surface area contributed by atoms with Gasteiger partial charge in [-0.05, 0) is 20.3 Å². The summed E-state index contributed by atoms with van der Waals surface area (Å²) in [5, 5.41) is 0. The van der Waals surface area contributed by atoms with Crippen molar-refractivity contribution in [3.63, 3.8) is 0 Å². The van der Waals surface area contributed by atoms with Crippen molar-refractivity contribution in [3.05, 3.63) is 0 Å². The minimum Gasteiger partial charge on any atom is -0.374 e. The number of amides is 1. The largest absolute Gasteiger partial charge is 0.374 e. The molecule has 3 heteroatoms. The minimum absolute atomic E-state index is 0.245. The van der Waals surface area contributed by atoms with E-state index in [-0.39, 0.29) is 18.1 Å². The Bertz CT molecular complexity index is 180. The maximum atomic E-state index is 11.3. The fourth-order valence-electron chi connectivity index (χ4n) is 1.67. The van der Waals surface area contributed by atoms with E-state index >= 15 is 0 Å². The predicted octanol–water partition coefficient (Wildman–Crippen LogP) is 1.42. The first-order chi connectivity index (χ1) is 6.13. The number of carbonyl (C=O) groups excluding carboxylic acids is 1. The lowest BCUT2D eigenvalue weighted by Crippen LogP contribution is -2.30. The first-order valence-corrected chi connectivity index (χ1v) is 5.06. The van der Waals surface area contributed by atoms with Crippen LogP contribution in [0, 0.1) is 0 Å². The fourth-order valence-corrected chi connectivity index (χ4v) is 1.67. The molecule has 1 rings (SSSR count). The summed E-state index contributed by atoms with van der Waals surface area (Å²) in [7, 11) is 0. The van der Waals surface area contributed by atoms with Gasteiger partial charge in [-0.1, -0.05) is 6.92 Å². The Morgan fingerprint density at radius 1 is 1.62 bits per heavy atom. The van der Waals surface area contributed by atoms with E-state index in [2.05, 4.69) is 0 Å². The molecular weight excluding hydrogens is 166 g/mol. The van der Waals surface area contributed by atoms with Crippen LogP contribution in [0.4, 0.5) is 0 Å². The van der Waals surface area contributed by atoms with Gasteiger partial charge in [-0.25, -0.2) is 0 Å². The van der Waals surface area contributed by atoms with E-state index in [1.807, 2.05) is 25.7 Å². The SMILES string of the molecule is CCC(=O)N1CCC(OC(C)C)C1. The minimum atomic E-state index is 0.245. The highest BCUT2D eigenvalue weighted by molar-refractivity contribution is 5.76. The van der Waals surface area contributed by atoms with E-state index in [1.54, 1.807) is 0 Å². The molecule has 1 aliphatic rings. The molecule has 76 valence electrons. The van der Waals surface area contributed by atoms with Gasteiger partial charge in [0.25, 0.3) is 0 Å². The molecule has 0 bridgehead atoms. The first kappa shape index (κ1) is 10.5. The predicted molar refractivity (Wildman–Crippen MR) is 51.5 cm³/mol. The Morgan fingerprint density at radius 3 is 2.85 bits per heavy atom. The number of hydrogen-bond donors (Lipinski definition) is 0. The van der Waals surface area contributed by atoms with Crippen LogP contribution in [0.3, 0.4) is 0 Å². The van der Waals surface area contributed by atoms with Crippen molar-refractivity contribution in [2.24, 2.45) is 0 Å². The topological polar surface area (TPSA) is 29.5 Å². The summed E-state index contributed by atoms with van der Waals surface area (Å²) < 4.78 is 5.64. The van der Waals surface area contributed by atoms with Gasteiger partial charge >= 0.3 is 0 Å². The third-order valence-corrected chi connectivity index (χ3v) is 2.26. The number of likely N-dealkylation sites (tertiary alicyclic amines) is 1. The van der Waals surface area contributed by atoms with Crippen molar-refractivity contribution in [2.45, 2.75) is 45.8 Å².